The monoisotopic (exact) mass is 522 g/mol. The molecule has 1 fully saturated rings. The summed E-state index contributed by atoms with van der Waals surface area (Å²) in [6.07, 6.45) is 1.33. The summed E-state index contributed by atoms with van der Waals surface area (Å²) in [6.45, 7) is 11.5. The van der Waals surface area contributed by atoms with E-state index in [2.05, 4.69) is 11.9 Å². The number of carbonyl (C=O) groups is 3. The van der Waals surface area contributed by atoms with Crippen LogP contribution in [0.4, 0.5) is 4.79 Å². The lowest BCUT2D eigenvalue weighted by Gasteiger charge is -2.28. The Bertz CT molecular complexity index is 1090. The molecular weight excluding hydrogens is 484 g/mol. The lowest BCUT2D eigenvalue weighted by atomic mass is 10.0. The lowest BCUT2D eigenvalue weighted by Crippen LogP contribution is -2.52. The van der Waals surface area contributed by atoms with E-state index in [1.54, 1.807) is 33.8 Å². The number of nitrogens with zero attached hydrogens (tertiary/aromatic N) is 1. The van der Waals surface area contributed by atoms with Crippen LogP contribution >= 0.6 is 0 Å². The maximum atomic E-state index is 13.5. The zero-order valence-corrected chi connectivity index (χ0v) is 22.6. The summed E-state index contributed by atoms with van der Waals surface area (Å²) in [5.74, 6) is -0.978. The third-order valence-electron chi connectivity index (χ3n) is 6.06. The van der Waals surface area contributed by atoms with Crippen LogP contribution in [0.15, 0.2) is 61.2 Å². The minimum atomic E-state index is -0.895. The van der Waals surface area contributed by atoms with Gasteiger partial charge in [0, 0.05) is 12.8 Å². The Labute approximate surface area is 224 Å². The quantitative estimate of drug-likeness (QED) is 0.462. The maximum absolute atomic E-state index is 13.5. The molecule has 0 saturated carbocycles. The van der Waals surface area contributed by atoms with Gasteiger partial charge in [0.2, 0.25) is 5.91 Å². The van der Waals surface area contributed by atoms with E-state index < -0.39 is 35.7 Å². The summed E-state index contributed by atoms with van der Waals surface area (Å²) in [7, 11) is 0. The Morgan fingerprint density at radius 1 is 1.08 bits per heavy atom. The number of ether oxygens (including phenoxy) is 3. The van der Waals surface area contributed by atoms with Gasteiger partial charge in [-0.15, -0.1) is 0 Å². The van der Waals surface area contributed by atoms with E-state index in [4.69, 9.17) is 14.2 Å². The normalized spacial score (nSPS) is 17.9. The van der Waals surface area contributed by atoms with Crippen molar-refractivity contribution in [2.75, 3.05) is 13.2 Å². The van der Waals surface area contributed by atoms with Gasteiger partial charge in [0.1, 0.15) is 17.7 Å². The molecule has 204 valence electrons. The molecular formula is C30H38N2O6. The standard InChI is InChI=1S/C30H38N2O6/c1-6-21-13-15-23(16-14-21)20-37-24-18-26(32(19-24)29(35)38-30(3,4)5)27(33)31-25(28(34)36-7-2)17-22-11-9-8-10-12-22/h6,8-16,24-26H,1,7,17-20H2,2-5H3,(H,31,33)/t24-,25+,26+/m1/s1. The van der Waals surface area contributed by atoms with Crippen LogP contribution in [0.5, 0.6) is 0 Å². The molecule has 2 aromatic carbocycles. The third kappa shape index (κ3) is 8.45. The highest BCUT2D eigenvalue weighted by Crippen LogP contribution is 2.25. The van der Waals surface area contributed by atoms with E-state index in [0.717, 1.165) is 16.7 Å². The van der Waals surface area contributed by atoms with Gasteiger partial charge in [0.15, 0.2) is 0 Å². The highest BCUT2D eigenvalue weighted by molar-refractivity contribution is 5.90. The molecule has 3 rings (SSSR count). The Hall–Kier alpha value is -3.65. The molecule has 2 aromatic rings. The van der Waals surface area contributed by atoms with Crippen molar-refractivity contribution in [2.24, 2.45) is 0 Å². The van der Waals surface area contributed by atoms with Crippen molar-refractivity contribution in [1.82, 2.24) is 10.2 Å². The topological polar surface area (TPSA) is 94.2 Å². The number of benzene rings is 2. The first-order valence-corrected chi connectivity index (χ1v) is 12.9. The number of nitrogens with one attached hydrogen (secondary N) is 1. The fourth-order valence-corrected chi connectivity index (χ4v) is 4.21. The number of esters is 1. The number of amides is 2. The molecule has 2 amide bonds. The number of rotatable bonds is 10. The van der Waals surface area contributed by atoms with Crippen molar-refractivity contribution in [1.29, 1.82) is 0 Å². The van der Waals surface area contributed by atoms with E-state index in [1.807, 2.05) is 54.6 Å². The van der Waals surface area contributed by atoms with Gasteiger partial charge < -0.3 is 19.5 Å². The Kier molecular flexibility index (Phi) is 10.1. The average molecular weight is 523 g/mol. The van der Waals surface area contributed by atoms with E-state index in [9.17, 15) is 14.4 Å². The maximum Gasteiger partial charge on any atom is 0.411 e. The zero-order valence-electron chi connectivity index (χ0n) is 22.6. The first-order chi connectivity index (χ1) is 18.1. The number of likely N-dealkylation sites (tertiary alicyclic amines) is 1. The van der Waals surface area contributed by atoms with Crippen molar-refractivity contribution < 1.29 is 28.6 Å². The summed E-state index contributed by atoms with van der Waals surface area (Å²) < 4.78 is 16.9. The molecule has 1 aliphatic heterocycles. The van der Waals surface area contributed by atoms with E-state index in [1.165, 1.54) is 4.90 Å². The van der Waals surface area contributed by atoms with E-state index in [-0.39, 0.29) is 32.1 Å². The van der Waals surface area contributed by atoms with E-state index in [0.29, 0.717) is 6.61 Å². The molecule has 1 heterocycles. The third-order valence-corrected chi connectivity index (χ3v) is 6.06. The van der Waals surface area contributed by atoms with Gasteiger partial charge >= 0.3 is 12.1 Å². The second kappa shape index (κ2) is 13.2. The zero-order chi connectivity index (χ0) is 27.7. The van der Waals surface area contributed by atoms with Crippen LogP contribution < -0.4 is 5.32 Å². The minimum absolute atomic E-state index is 0.192. The van der Waals surface area contributed by atoms with Gasteiger partial charge in [-0.2, -0.15) is 0 Å². The van der Waals surface area contributed by atoms with Crippen LogP contribution in [0.1, 0.15) is 50.8 Å². The first kappa shape index (κ1) is 28.9. The first-order valence-electron chi connectivity index (χ1n) is 12.9. The molecule has 0 spiro atoms. The summed E-state index contributed by atoms with van der Waals surface area (Å²) in [4.78, 5) is 40.6. The molecule has 38 heavy (non-hydrogen) atoms. The largest absolute Gasteiger partial charge is 0.464 e. The van der Waals surface area contributed by atoms with Gasteiger partial charge in [-0.3, -0.25) is 9.69 Å². The summed E-state index contributed by atoms with van der Waals surface area (Å²) >= 11 is 0. The second-order valence-electron chi connectivity index (χ2n) is 10.3. The Morgan fingerprint density at radius 3 is 2.37 bits per heavy atom. The highest BCUT2D eigenvalue weighted by atomic mass is 16.6. The molecule has 1 aliphatic rings. The SMILES string of the molecule is C=Cc1ccc(CO[C@@H]2C[C@@H](C(=O)N[C@@H](Cc3ccccc3)C(=O)OCC)N(C(=O)OC(C)(C)C)C2)cc1. The predicted molar refractivity (Wildman–Crippen MR) is 145 cm³/mol. The van der Waals surface area contributed by atoms with Gasteiger partial charge in [-0.05, 0) is 44.4 Å². The van der Waals surface area contributed by atoms with Gasteiger partial charge in [-0.25, -0.2) is 9.59 Å². The summed E-state index contributed by atoms with van der Waals surface area (Å²) in [5.41, 5.74) is 2.13. The number of carbonyl (C=O) groups excluding carboxylic acids is 3. The number of hydrogen-bond donors (Lipinski definition) is 1. The molecule has 0 unspecified atom stereocenters. The molecule has 0 bridgehead atoms. The van der Waals surface area contributed by atoms with Gasteiger partial charge in [-0.1, -0.05) is 67.3 Å². The molecule has 8 heteroatoms. The van der Waals surface area contributed by atoms with Gasteiger partial charge in [0.05, 0.1) is 25.9 Å². The smallest absolute Gasteiger partial charge is 0.411 e. The van der Waals surface area contributed by atoms with Crippen molar-refractivity contribution in [3.63, 3.8) is 0 Å². The van der Waals surface area contributed by atoms with Crippen LogP contribution in [0, 0.1) is 0 Å². The van der Waals surface area contributed by atoms with Crippen molar-refractivity contribution in [3.8, 4) is 0 Å². The molecule has 1 saturated heterocycles. The fraction of sp³-hybridized carbons (Fsp3) is 0.433. The van der Waals surface area contributed by atoms with Crippen LogP contribution in [-0.4, -0.2) is 59.8 Å². The van der Waals surface area contributed by atoms with Crippen LogP contribution in [0.25, 0.3) is 6.08 Å². The van der Waals surface area contributed by atoms with Gasteiger partial charge in [0.25, 0.3) is 0 Å². The minimum Gasteiger partial charge on any atom is -0.464 e. The fourth-order valence-electron chi connectivity index (χ4n) is 4.21. The van der Waals surface area contributed by atoms with E-state index >= 15 is 0 Å². The van der Waals surface area contributed by atoms with Crippen LogP contribution in [-0.2, 0) is 36.8 Å². The number of hydrogen-bond acceptors (Lipinski definition) is 6. The van der Waals surface area contributed by atoms with Crippen molar-refractivity contribution >= 4 is 24.0 Å². The van der Waals surface area contributed by atoms with Crippen molar-refractivity contribution in [2.45, 2.75) is 70.9 Å². The van der Waals surface area contributed by atoms with Crippen LogP contribution in [0.3, 0.4) is 0 Å². The highest BCUT2D eigenvalue weighted by Gasteiger charge is 2.43. The average Bonchev–Trinajstić information content (AvgIpc) is 3.32. The summed E-state index contributed by atoms with van der Waals surface area (Å²) in [6, 6.07) is 15.4. The van der Waals surface area contributed by atoms with Crippen molar-refractivity contribution in [3.05, 3.63) is 77.9 Å². The van der Waals surface area contributed by atoms with Crippen LogP contribution in [0.2, 0.25) is 0 Å². The molecule has 0 radical (unpaired) electrons. The lowest BCUT2D eigenvalue weighted by molar-refractivity contribution is -0.147. The molecule has 0 aromatic heterocycles. The molecule has 3 atom stereocenters. The second-order valence-corrected chi connectivity index (χ2v) is 10.3. The molecule has 1 N–H and O–H groups in total. The Balaban J connectivity index is 1.74. The predicted octanol–water partition coefficient (Wildman–Crippen LogP) is 4.51. The summed E-state index contributed by atoms with van der Waals surface area (Å²) in [5, 5.41) is 2.82. The molecule has 0 aliphatic carbocycles. The molecule has 8 nitrogen and oxygen atoms in total. The Morgan fingerprint density at radius 2 is 1.76 bits per heavy atom.